The summed E-state index contributed by atoms with van der Waals surface area (Å²) in [4.78, 5) is 16.1. The van der Waals surface area contributed by atoms with Gasteiger partial charge in [0.05, 0.1) is 0 Å². The first kappa shape index (κ1) is 13.3. The number of urea groups is 1. The quantitative estimate of drug-likeness (QED) is 0.725. The van der Waals surface area contributed by atoms with E-state index in [0.29, 0.717) is 12.0 Å². The molecule has 1 aliphatic rings. The van der Waals surface area contributed by atoms with Gasteiger partial charge in [-0.05, 0) is 38.5 Å². The van der Waals surface area contributed by atoms with Gasteiger partial charge in [-0.2, -0.15) is 0 Å². The van der Waals surface area contributed by atoms with Gasteiger partial charge < -0.3 is 9.80 Å². The molecule has 0 spiro atoms. The maximum Gasteiger partial charge on any atom is 0.319 e. The fourth-order valence-electron chi connectivity index (χ4n) is 2.34. The van der Waals surface area contributed by atoms with E-state index in [2.05, 4.69) is 20.8 Å². The van der Waals surface area contributed by atoms with Crippen molar-refractivity contribution in [2.45, 2.75) is 52.5 Å². The highest BCUT2D eigenvalue weighted by Crippen LogP contribution is 2.15. The minimum absolute atomic E-state index is 0.216. The summed E-state index contributed by atoms with van der Waals surface area (Å²) < 4.78 is 0. The molecule has 94 valence electrons. The second-order valence-corrected chi connectivity index (χ2v) is 5.42. The van der Waals surface area contributed by atoms with Crippen molar-refractivity contribution < 1.29 is 4.79 Å². The van der Waals surface area contributed by atoms with Crippen LogP contribution in [0.3, 0.4) is 0 Å². The van der Waals surface area contributed by atoms with Crippen LogP contribution >= 0.6 is 0 Å². The molecule has 1 atom stereocenters. The molecule has 0 bridgehead atoms. The van der Waals surface area contributed by atoms with E-state index in [-0.39, 0.29) is 6.03 Å². The summed E-state index contributed by atoms with van der Waals surface area (Å²) in [6, 6.07) is 0.558. The first-order chi connectivity index (χ1) is 7.52. The van der Waals surface area contributed by atoms with E-state index in [1.165, 1.54) is 6.42 Å². The van der Waals surface area contributed by atoms with Crippen LogP contribution in [-0.2, 0) is 0 Å². The van der Waals surface area contributed by atoms with E-state index in [1.807, 2.05) is 16.8 Å². The monoisotopic (exact) mass is 226 g/mol. The van der Waals surface area contributed by atoms with E-state index in [0.717, 1.165) is 32.4 Å². The van der Waals surface area contributed by atoms with Crippen LogP contribution in [0.25, 0.3) is 0 Å². The molecular weight excluding hydrogens is 200 g/mol. The molecular formula is C13H26N2O. The van der Waals surface area contributed by atoms with E-state index in [9.17, 15) is 4.79 Å². The van der Waals surface area contributed by atoms with Crippen LogP contribution in [0.15, 0.2) is 0 Å². The third-order valence-corrected chi connectivity index (χ3v) is 3.40. The SMILES string of the molecule is CC(C)CC(C)N(C)C(=O)N1CCCCC1. The first-order valence-corrected chi connectivity index (χ1v) is 6.54. The fourth-order valence-corrected chi connectivity index (χ4v) is 2.34. The number of likely N-dealkylation sites (tertiary alicyclic amines) is 1. The van der Waals surface area contributed by atoms with Gasteiger partial charge in [-0.25, -0.2) is 4.79 Å². The third kappa shape index (κ3) is 3.69. The summed E-state index contributed by atoms with van der Waals surface area (Å²) in [6.45, 7) is 8.43. The Morgan fingerprint density at radius 3 is 2.25 bits per heavy atom. The molecule has 0 aromatic heterocycles. The average Bonchev–Trinajstić information content (AvgIpc) is 2.27. The molecule has 16 heavy (non-hydrogen) atoms. The van der Waals surface area contributed by atoms with Crippen LogP contribution in [0.1, 0.15) is 46.5 Å². The third-order valence-electron chi connectivity index (χ3n) is 3.40. The van der Waals surface area contributed by atoms with Gasteiger partial charge in [-0.3, -0.25) is 0 Å². The van der Waals surface area contributed by atoms with Crippen molar-refractivity contribution in [2.75, 3.05) is 20.1 Å². The average molecular weight is 226 g/mol. The Bertz CT molecular complexity index is 222. The number of piperidine rings is 1. The second kappa shape index (κ2) is 6.12. The van der Waals surface area contributed by atoms with Crippen LogP contribution in [0.2, 0.25) is 0 Å². The lowest BCUT2D eigenvalue weighted by atomic mass is 10.0. The molecule has 0 aliphatic carbocycles. The largest absolute Gasteiger partial charge is 0.325 e. The smallest absolute Gasteiger partial charge is 0.319 e. The Morgan fingerprint density at radius 1 is 1.19 bits per heavy atom. The van der Waals surface area contributed by atoms with Crippen LogP contribution in [0.4, 0.5) is 4.79 Å². The van der Waals surface area contributed by atoms with Crippen molar-refractivity contribution in [3.63, 3.8) is 0 Å². The Morgan fingerprint density at radius 2 is 1.75 bits per heavy atom. The molecule has 1 rings (SSSR count). The molecule has 2 amide bonds. The van der Waals surface area contributed by atoms with Gasteiger partial charge in [0.2, 0.25) is 0 Å². The zero-order valence-corrected chi connectivity index (χ0v) is 11.2. The van der Waals surface area contributed by atoms with Gasteiger partial charge in [-0.1, -0.05) is 13.8 Å². The molecule has 3 nitrogen and oxygen atoms in total. The highest BCUT2D eigenvalue weighted by Gasteiger charge is 2.23. The number of hydrogen-bond acceptors (Lipinski definition) is 1. The van der Waals surface area contributed by atoms with Gasteiger partial charge in [0.25, 0.3) is 0 Å². The van der Waals surface area contributed by atoms with Gasteiger partial charge in [0, 0.05) is 26.2 Å². The first-order valence-electron chi connectivity index (χ1n) is 6.54. The molecule has 0 aromatic rings. The normalized spacial score (nSPS) is 18.7. The summed E-state index contributed by atoms with van der Waals surface area (Å²) in [5.41, 5.74) is 0. The maximum atomic E-state index is 12.2. The molecule has 1 unspecified atom stereocenters. The van der Waals surface area contributed by atoms with Crippen LogP contribution in [-0.4, -0.2) is 42.0 Å². The van der Waals surface area contributed by atoms with Crippen molar-refractivity contribution in [1.29, 1.82) is 0 Å². The van der Waals surface area contributed by atoms with E-state index < -0.39 is 0 Å². The Kier molecular flexibility index (Phi) is 5.10. The summed E-state index contributed by atoms with van der Waals surface area (Å²) in [7, 11) is 1.93. The van der Waals surface area contributed by atoms with Gasteiger partial charge in [-0.15, -0.1) is 0 Å². The minimum Gasteiger partial charge on any atom is -0.325 e. The lowest BCUT2D eigenvalue weighted by Crippen LogP contribution is -2.47. The number of rotatable bonds is 3. The number of hydrogen-bond donors (Lipinski definition) is 0. The molecule has 0 saturated carbocycles. The molecule has 3 heteroatoms. The van der Waals surface area contributed by atoms with Crippen molar-refractivity contribution in [1.82, 2.24) is 9.80 Å². The van der Waals surface area contributed by atoms with Gasteiger partial charge >= 0.3 is 6.03 Å². The summed E-state index contributed by atoms with van der Waals surface area (Å²) in [6.07, 6.45) is 4.68. The minimum atomic E-state index is 0.216. The number of amides is 2. The van der Waals surface area contributed by atoms with Crippen molar-refractivity contribution in [3.05, 3.63) is 0 Å². The molecule has 0 N–H and O–H groups in total. The van der Waals surface area contributed by atoms with Crippen molar-refractivity contribution in [3.8, 4) is 0 Å². The predicted molar refractivity (Wildman–Crippen MR) is 67.5 cm³/mol. The van der Waals surface area contributed by atoms with E-state index in [4.69, 9.17) is 0 Å². The van der Waals surface area contributed by atoms with Crippen LogP contribution < -0.4 is 0 Å². The van der Waals surface area contributed by atoms with Crippen LogP contribution in [0, 0.1) is 5.92 Å². The van der Waals surface area contributed by atoms with Gasteiger partial charge in [0.15, 0.2) is 0 Å². The topological polar surface area (TPSA) is 23.6 Å². The predicted octanol–water partition coefficient (Wildman–Crippen LogP) is 2.96. The summed E-state index contributed by atoms with van der Waals surface area (Å²) in [5.74, 6) is 0.645. The lowest BCUT2D eigenvalue weighted by molar-refractivity contribution is 0.135. The highest BCUT2D eigenvalue weighted by atomic mass is 16.2. The number of carbonyl (C=O) groups excluding carboxylic acids is 1. The second-order valence-electron chi connectivity index (χ2n) is 5.42. The van der Waals surface area contributed by atoms with Gasteiger partial charge in [0.1, 0.15) is 0 Å². The summed E-state index contributed by atoms with van der Waals surface area (Å²) >= 11 is 0. The Labute approximate surface area is 99.8 Å². The Balaban J connectivity index is 2.45. The number of carbonyl (C=O) groups is 1. The molecule has 0 aromatic carbocycles. The zero-order valence-electron chi connectivity index (χ0n) is 11.2. The van der Waals surface area contributed by atoms with Crippen LogP contribution in [0.5, 0.6) is 0 Å². The Hall–Kier alpha value is -0.730. The maximum absolute atomic E-state index is 12.2. The molecule has 1 saturated heterocycles. The van der Waals surface area contributed by atoms with Crippen molar-refractivity contribution >= 4 is 6.03 Å². The fraction of sp³-hybridized carbons (Fsp3) is 0.923. The molecule has 1 heterocycles. The standard InChI is InChI=1S/C13H26N2O/c1-11(2)10-12(3)14(4)13(16)15-8-6-5-7-9-15/h11-12H,5-10H2,1-4H3. The summed E-state index contributed by atoms with van der Waals surface area (Å²) in [5, 5.41) is 0. The molecule has 1 fully saturated rings. The van der Waals surface area contributed by atoms with E-state index in [1.54, 1.807) is 0 Å². The lowest BCUT2D eigenvalue weighted by Gasteiger charge is -2.34. The van der Waals surface area contributed by atoms with Crippen molar-refractivity contribution in [2.24, 2.45) is 5.92 Å². The van der Waals surface area contributed by atoms with E-state index >= 15 is 0 Å². The molecule has 0 radical (unpaired) electrons. The number of nitrogens with zero attached hydrogens (tertiary/aromatic N) is 2. The highest BCUT2D eigenvalue weighted by molar-refractivity contribution is 5.74. The zero-order chi connectivity index (χ0) is 12.1. The molecule has 1 aliphatic heterocycles.